The zero-order chi connectivity index (χ0) is 13.4. The SMILES string of the molecule is CCCC(NC(=O)CCC1CCCCO1)C(N)=S. The molecule has 0 spiro atoms. The standard InChI is InChI=1S/C13H24N2O2S/c1-2-5-11(13(14)18)15-12(16)8-7-10-6-3-4-9-17-10/h10-11H,2-9H2,1H3,(H2,14,18)(H,15,16). The highest BCUT2D eigenvalue weighted by Gasteiger charge is 2.17. The van der Waals surface area contributed by atoms with Crippen LogP contribution in [0.25, 0.3) is 0 Å². The number of nitrogens with two attached hydrogens (primary N) is 1. The summed E-state index contributed by atoms with van der Waals surface area (Å²) in [6, 6.07) is -0.162. The van der Waals surface area contributed by atoms with Gasteiger partial charge in [0.2, 0.25) is 5.91 Å². The molecule has 2 unspecified atom stereocenters. The number of ether oxygens (including phenoxy) is 1. The van der Waals surface area contributed by atoms with Crippen molar-refractivity contribution in [2.75, 3.05) is 6.61 Å². The van der Waals surface area contributed by atoms with Crippen LogP contribution >= 0.6 is 12.2 Å². The molecular formula is C13H24N2O2S. The molecule has 1 amide bonds. The van der Waals surface area contributed by atoms with Crippen LogP contribution in [0.2, 0.25) is 0 Å². The van der Waals surface area contributed by atoms with Crippen LogP contribution in [0.5, 0.6) is 0 Å². The van der Waals surface area contributed by atoms with E-state index in [1.807, 2.05) is 6.92 Å². The van der Waals surface area contributed by atoms with Gasteiger partial charge in [-0.15, -0.1) is 0 Å². The number of carbonyl (C=O) groups is 1. The molecule has 0 saturated carbocycles. The lowest BCUT2D eigenvalue weighted by atomic mass is 10.0. The molecule has 104 valence electrons. The van der Waals surface area contributed by atoms with Gasteiger partial charge in [0.25, 0.3) is 0 Å². The van der Waals surface area contributed by atoms with Crippen LogP contribution in [0.4, 0.5) is 0 Å². The Kier molecular flexibility index (Phi) is 7.20. The Hall–Kier alpha value is -0.680. The van der Waals surface area contributed by atoms with Gasteiger partial charge >= 0.3 is 0 Å². The Labute approximate surface area is 115 Å². The Morgan fingerprint density at radius 3 is 2.89 bits per heavy atom. The summed E-state index contributed by atoms with van der Waals surface area (Å²) in [7, 11) is 0. The molecule has 1 aliphatic rings. The normalized spacial score (nSPS) is 21.3. The van der Waals surface area contributed by atoms with Crippen molar-refractivity contribution in [3.63, 3.8) is 0 Å². The van der Waals surface area contributed by atoms with E-state index in [1.165, 1.54) is 6.42 Å². The Morgan fingerprint density at radius 2 is 2.33 bits per heavy atom. The fraction of sp³-hybridized carbons (Fsp3) is 0.846. The monoisotopic (exact) mass is 272 g/mol. The number of nitrogens with one attached hydrogen (secondary N) is 1. The van der Waals surface area contributed by atoms with E-state index < -0.39 is 0 Å². The van der Waals surface area contributed by atoms with Crippen molar-refractivity contribution in [1.82, 2.24) is 5.32 Å². The second-order valence-electron chi connectivity index (χ2n) is 4.84. The minimum atomic E-state index is -0.162. The van der Waals surface area contributed by atoms with Crippen molar-refractivity contribution in [2.45, 2.75) is 64.0 Å². The van der Waals surface area contributed by atoms with E-state index in [9.17, 15) is 4.79 Å². The van der Waals surface area contributed by atoms with E-state index in [1.54, 1.807) is 0 Å². The summed E-state index contributed by atoms with van der Waals surface area (Å²) in [4.78, 5) is 12.2. The van der Waals surface area contributed by atoms with Gasteiger partial charge in [-0.1, -0.05) is 25.6 Å². The third-order valence-electron chi connectivity index (χ3n) is 3.22. The number of hydrogen-bond donors (Lipinski definition) is 2. The number of rotatable bonds is 7. The first kappa shape index (κ1) is 15.4. The first-order valence-electron chi connectivity index (χ1n) is 6.83. The summed E-state index contributed by atoms with van der Waals surface area (Å²) in [5, 5.41) is 2.90. The van der Waals surface area contributed by atoms with Gasteiger partial charge in [0.15, 0.2) is 0 Å². The number of amides is 1. The van der Waals surface area contributed by atoms with Gasteiger partial charge in [0, 0.05) is 13.0 Å². The lowest BCUT2D eigenvalue weighted by Gasteiger charge is -2.23. The van der Waals surface area contributed by atoms with Crippen LogP contribution in [0.1, 0.15) is 51.9 Å². The topological polar surface area (TPSA) is 64.3 Å². The molecule has 0 aromatic rings. The van der Waals surface area contributed by atoms with Crippen LogP contribution < -0.4 is 11.1 Å². The molecule has 1 aliphatic heterocycles. The average Bonchev–Trinajstić information content (AvgIpc) is 2.37. The molecule has 2 atom stereocenters. The van der Waals surface area contributed by atoms with Crippen molar-refractivity contribution in [1.29, 1.82) is 0 Å². The van der Waals surface area contributed by atoms with Crippen molar-refractivity contribution in [3.8, 4) is 0 Å². The number of carbonyl (C=O) groups excluding carboxylic acids is 1. The molecule has 1 saturated heterocycles. The molecule has 3 N–H and O–H groups in total. The molecule has 5 heteroatoms. The van der Waals surface area contributed by atoms with Gasteiger partial charge in [-0.2, -0.15) is 0 Å². The lowest BCUT2D eigenvalue weighted by Crippen LogP contribution is -2.43. The quantitative estimate of drug-likeness (QED) is 0.695. The fourth-order valence-electron chi connectivity index (χ4n) is 2.17. The molecule has 0 aromatic carbocycles. The van der Waals surface area contributed by atoms with Crippen molar-refractivity contribution in [2.24, 2.45) is 5.73 Å². The number of thiocarbonyl (C=S) groups is 1. The van der Waals surface area contributed by atoms with Crippen molar-refractivity contribution < 1.29 is 9.53 Å². The Bertz CT molecular complexity index is 278. The summed E-state index contributed by atoms with van der Waals surface area (Å²) in [6.45, 7) is 2.88. The highest BCUT2D eigenvalue weighted by Crippen LogP contribution is 2.16. The van der Waals surface area contributed by atoms with Gasteiger partial charge in [-0.25, -0.2) is 0 Å². The smallest absolute Gasteiger partial charge is 0.220 e. The molecular weight excluding hydrogens is 248 g/mol. The first-order chi connectivity index (χ1) is 8.63. The molecule has 0 bridgehead atoms. The third kappa shape index (κ3) is 5.78. The molecule has 1 heterocycles. The van der Waals surface area contributed by atoms with E-state index in [4.69, 9.17) is 22.7 Å². The Morgan fingerprint density at radius 1 is 1.56 bits per heavy atom. The molecule has 0 radical (unpaired) electrons. The third-order valence-corrected chi connectivity index (χ3v) is 3.51. The van der Waals surface area contributed by atoms with Crippen LogP contribution in [-0.2, 0) is 9.53 Å². The molecule has 4 nitrogen and oxygen atoms in total. The highest BCUT2D eigenvalue weighted by molar-refractivity contribution is 7.80. The van der Waals surface area contributed by atoms with Crippen molar-refractivity contribution >= 4 is 23.1 Å². The maximum absolute atomic E-state index is 11.8. The molecule has 1 rings (SSSR count). The second-order valence-corrected chi connectivity index (χ2v) is 5.31. The second kappa shape index (κ2) is 8.43. The molecule has 0 aromatic heterocycles. The summed E-state index contributed by atoms with van der Waals surface area (Å²) in [6.07, 6.45) is 6.71. The zero-order valence-electron chi connectivity index (χ0n) is 11.1. The minimum absolute atomic E-state index is 0.0235. The van der Waals surface area contributed by atoms with E-state index >= 15 is 0 Å². The van der Waals surface area contributed by atoms with Gasteiger partial charge in [-0.05, 0) is 32.1 Å². The van der Waals surface area contributed by atoms with Gasteiger partial charge < -0.3 is 15.8 Å². The van der Waals surface area contributed by atoms with Gasteiger partial charge in [0.05, 0.1) is 17.1 Å². The van der Waals surface area contributed by atoms with Crippen LogP contribution in [0, 0.1) is 0 Å². The number of hydrogen-bond acceptors (Lipinski definition) is 3. The maximum atomic E-state index is 11.8. The van der Waals surface area contributed by atoms with E-state index in [0.29, 0.717) is 11.4 Å². The van der Waals surface area contributed by atoms with Crippen LogP contribution in [0.3, 0.4) is 0 Å². The van der Waals surface area contributed by atoms with Crippen LogP contribution in [-0.4, -0.2) is 29.6 Å². The predicted molar refractivity (Wildman–Crippen MR) is 76.4 cm³/mol. The lowest BCUT2D eigenvalue weighted by molar-refractivity contribution is -0.122. The fourth-order valence-corrected chi connectivity index (χ4v) is 2.34. The van der Waals surface area contributed by atoms with E-state index in [-0.39, 0.29) is 18.1 Å². The van der Waals surface area contributed by atoms with Gasteiger partial charge in [-0.3, -0.25) is 4.79 Å². The van der Waals surface area contributed by atoms with Crippen molar-refractivity contribution in [3.05, 3.63) is 0 Å². The van der Waals surface area contributed by atoms with E-state index in [0.717, 1.165) is 38.7 Å². The van der Waals surface area contributed by atoms with Crippen LogP contribution in [0.15, 0.2) is 0 Å². The maximum Gasteiger partial charge on any atom is 0.220 e. The largest absolute Gasteiger partial charge is 0.392 e. The summed E-state index contributed by atoms with van der Waals surface area (Å²) in [5.41, 5.74) is 5.60. The first-order valence-corrected chi connectivity index (χ1v) is 7.24. The Balaban J connectivity index is 2.24. The summed E-state index contributed by atoms with van der Waals surface area (Å²) in [5.74, 6) is 0.0235. The highest BCUT2D eigenvalue weighted by atomic mass is 32.1. The van der Waals surface area contributed by atoms with Gasteiger partial charge in [0.1, 0.15) is 0 Å². The molecule has 0 aliphatic carbocycles. The minimum Gasteiger partial charge on any atom is -0.392 e. The summed E-state index contributed by atoms with van der Waals surface area (Å²) < 4.78 is 5.60. The average molecular weight is 272 g/mol. The molecule has 18 heavy (non-hydrogen) atoms. The predicted octanol–water partition coefficient (Wildman–Crippen LogP) is 1.91. The molecule has 1 fully saturated rings. The summed E-state index contributed by atoms with van der Waals surface area (Å²) >= 11 is 4.95. The zero-order valence-corrected chi connectivity index (χ0v) is 11.9. The van der Waals surface area contributed by atoms with E-state index in [2.05, 4.69) is 5.32 Å².